The first-order valence-corrected chi connectivity index (χ1v) is 17.2. The Kier molecular flexibility index (Phi) is 6.12. The maximum Gasteiger partial charge on any atom is 0.0468 e. The molecule has 0 spiro atoms. The standard InChI is InChI=1S/C46H29NS/c1-2-13-34(14-3-1)47(36-24-27-44-43(29-36)41-26-21-31-11-5-9-17-39(31)46(41)48-44)35-22-18-32(19-23-35)42-28-33-12-6-8-16-38(33)45-37-15-7-4-10-30(37)20-25-40(42)45/h1-29H. The average Bonchev–Trinajstić information content (AvgIpc) is 3.54. The van der Waals surface area contributed by atoms with Crippen LogP contribution in [0.4, 0.5) is 17.1 Å². The zero-order valence-electron chi connectivity index (χ0n) is 26.1. The lowest BCUT2D eigenvalue weighted by Crippen LogP contribution is -2.09. The van der Waals surface area contributed by atoms with Crippen LogP contribution in [0.15, 0.2) is 176 Å². The molecule has 0 amide bonds. The Labute approximate surface area is 282 Å². The number of para-hydroxylation sites is 1. The van der Waals surface area contributed by atoms with E-state index >= 15 is 0 Å². The van der Waals surface area contributed by atoms with E-state index in [4.69, 9.17) is 0 Å². The van der Waals surface area contributed by atoms with Gasteiger partial charge in [0.05, 0.1) is 0 Å². The second-order valence-corrected chi connectivity index (χ2v) is 13.6. The molecule has 1 aromatic heterocycles. The van der Waals surface area contributed by atoms with Gasteiger partial charge in [-0.05, 0) is 103 Å². The highest BCUT2D eigenvalue weighted by molar-refractivity contribution is 7.26. The summed E-state index contributed by atoms with van der Waals surface area (Å²) in [5.74, 6) is 0. The van der Waals surface area contributed by atoms with Crippen molar-refractivity contribution >= 4 is 91.7 Å². The lowest BCUT2D eigenvalue weighted by molar-refractivity contribution is 1.29. The molecule has 0 saturated heterocycles. The highest BCUT2D eigenvalue weighted by Crippen LogP contribution is 2.44. The molecule has 1 heterocycles. The molecule has 224 valence electrons. The van der Waals surface area contributed by atoms with Crippen LogP contribution >= 0.6 is 11.3 Å². The Morgan fingerprint density at radius 3 is 1.71 bits per heavy atom. The number of rotatable bonds is 4. The lowest BCUT2D eigenvalue weighted by atomic mass is 9.90. The second-order valence-electron chi connectivity index (χ2n) is 12.5. The SMILES string of the molecule is c1ccc(N(c2ccc(-c3cc4ccccc4c4c3ccc3ccccc34)cc2)c2ccc3sc4c5ccccc5ccc4c3c2)cc1. The van der Waals surface area contributed by atoms with Crippen molar-refractivity contribution < 1.29 is 0 Å². The van der Waals surface area contributed by atoms with Crippen LogP contribution in [-0.4, -0.2) is 0 Å². The van der Waals surface area contributed by atoms with Crippen molar-refractivity contribution in [3.8, 4) is 11.1 Å². The van der Waals surface area contributed by atoms with Gasteiger partial charge in [-0.25, -0.2) is 0 Å². The van der Waals surface area contributed by atoms with Crippen LogP contribution in [0.2, 0.25) is 0 Å². The van der Waals surface area contributed by atoms with Crippen molar-refractivity contribution in [1.82, 2.24) is 0 Å². The third kappa shape index (κ3) is 4.24. The third-order valence-corrected chi connectivity index (χ3v) is 11.0. The number of fused-ring (bicyclic) bond motifs is 10. The Hall–Kier alpha value is -5.96. The minimum atomic E-state index is 1.13. The summed E-state index contributed by atoms with van der Waals surface area (Å²) in [6, 6.07) is 64.4. The van der Waals surface area contributed by atoms with Crippen LogP contribution in [-0.2, 0) is 0 Å². The maximum atomic E-state index is 2.37. The molecule has 0 N–H and O–H groups in total. The largest absolute Gasteiger partial charge is 0.310 e. The van der Waals surface area contributed by atoms with E-state index in [1.807, 2.05) is 11.3 Å². The van der Waals surface area contributed by atoms with Crippen molar-refractivity contribution in [1.29, 1.82) is 0 Å². The molecule has 0 fully saturated rings. The summed E-state index contributed by atoms with van der Waals surface area (Å²) in [7, 11) is 0. The fraction of sp³-hybridized carbons (Fsp3) is 0. The molecule has 1 nitrogen and oxygen atoms in total. The highest BCUT2D eigenvalue weighted by atomic mass is 32.1. The molecule has 0 bridgehead atoms. The molecule has 0 aliphatic heterocycles. The van der Waals surface area contributed by atoms with Gasteiger partial charge in [0.25, 0.3) is 0 Å². The number of hydrogen-bond donors (Lipinski definition) is 0. The van der Waals surface area contributed by atoms with Crippen LogP contribution in [0.1, 0.15) is 0 Å². The molecule has 0 radical (unpaired) electrons. The van der Waals surface area contributed by atoms with E-state index in [9.17, 15) is 0 Å². The van der Waals surface area contributed by atoms with Gasteiger partial charge in [-0.1, -0.05) is 127 Å². The van der Waals surface area contributed by atoms with E-state index in [0.717, 1.165) is 17.1 Å². The summed E-state index contributed by atoms with van der Waals surface area (Å²) in [5, 5.41) is 12.9. The number of hydrogen-bond acceptors (Lipinski definition) is 2. The van der Waals surface area contributed by atoms with Gasteiger partial charge in [0.2, 0.25) is 0 Å². The molecular weight excluding hydrogens is 599 g/mol. The highest BCUT2D eigenvalue weighted by Gasteiger charge is 2.17. The summed E-state index contributed by atoms with van der Waals surface area (Å²) in [6.07, 6.45) is 0. The average molecular weight is 628 g/mol. The molecule has 0 aliphatic carbocycles. The van der Waals surface area contributed by atoms with Crippen molar-refractivity contribution in [2.45, 2.75) is 0 Å². The third-order valence-electron chi connectivity index (χ3n) is 9.80. The van der Waals surface area contributed by atoms with Crippen molar-refractivity contribution in [2.24, 2.45) is 0 Å². The number of nitrogens with zero attached hydrogens (tertiary/aromatic N) is 1. The topological polar surface area (TPSA) is 3.24 Å². The van der Waals surface area contributed by atoms with Gasteiger partial charge < -0.3 is 4.90 Å². The van der Waals surface area contributed by atoms with Crippen molar-refractivity contribution in [3.63, 3.8) is 0 Å². The molecule has 10 rings (SSSR count). The fourth-order valence-electron chi connectivity index (χ4n) is 7.55. The number of benzene rings is 9. The van der Waals surface area contributed by atoms with E-state index in [0.29, 0.717) is 0 Å². The normalized spacial score (nSPS) is 11.8. The Morgan fingerprint density at radius 1 is 0.354 bits per heavy atom. The van der Waals surface area contributed by atoms with Crippen molar-refractivity contribution in [3.05, 3.63) is 176 Å². The number of anilines is 3. The predicted octanol–water partition coefficient (Wildman–Crippen LogP) is 13.8. The molecule has 48 heavy (non-hydrogen) atoms. The van der Waals surface area contributed by atoms with Gasteiger partial charge in [-0.2, -0.15) is 0 Å². The summed E-state index contributed by atoms with van der Waals surface area (Å²) in [5.41, 5.74) is 5.88. The van der Waals surface area contributed by atoms with E-state index < -0.39 is 0 Å². The minimum Gasteiger partial charge on any atom is -0.310 e. The Balaban J connectivity index is 1.14. The Morgan fingerprint density at radius 2 is 0.938 bits per heavy atom. The first kappa shape index (κ1) is 27.2. The van der Waals surface area contributed by atoms with Crippen LogP contribution in [0.25, 0.3) is 74.4 Å². The molecular formula is C46H29NS. The molecule has 10 aromatic rings. The van der Waals surface area contributed by atoms with Gasteiger partial charge in [0.15, 0.2) is 0 Å². The molecule has 0 atom stereocenters. The fourth-order valence-corrected chi connectivity index (χ4v) is 8.77. The first-order chi connectivity index (χ1) is 23.8. The van der Waals surface area contributed by atoms with E-state index in [1.54, 1.807) is 0 Å². The molecule has 2 heteroatoms. The van der Waals surface area contributed by atoms with Crippen LogP contribution in [0.3, 0.4) is 0 Å². The summed E-state index contributed by atoms with van der Waals surface area (Å²) in [4.78, 5) is 2.37. The summed E-state index contributed by atoms with van der Waals surface area (Å²) < 4.78 is 2.66. The van der Waals surface area contributed by atoms with Gasteiger partial charge >= 0.3 is 0 Å². The van der Waals surface area contributed by atoms with Gasteiger partial charge in [0.1, 0.15) is 0 Å². The predicted molar refractivity (Wildman–Crippen MR) is 209 cm³/mol. The summed E-state index contributed by atoms with van der Waals surface area (Å²) in [6.45, 7) is 0. The molecule has 0 unspecified atom stereocenters. The van der Waals surface area contributed by atoms with E-state index in [2.05, 4.69) is 181 Å². The lowest BCUT2D eigenvalue weighted by Gasteiger charge is -2.26. The number of thiophene rings is 1. The zero-order chi connectivity index (χ0) is 31.6. The van der Waals surface area contributed by atoms with Gasteiger partial charge in [-0.15, -0.1) is 11.3 Å². The maximum absolute atomic E-state index is 2.37. The second kappa shape index (κ2) is 10.8. The molecule has 0 saturated carbocycles. The van der Waals surface area contributed by atoms with Crippen molar-refractivity contribution in [2.75, 3.05) is 4.90 Å². The van der Waals surface area contributed by atoms with Gasteiger partial charge in [-0.3, -0.25) is 0 Å². The monoisotopic (exact) mass is 627 g/mol. The van der Waals surface area contributed by atoms with Crippen LogP contribution in [0.5, 0.6) is 0 Å². The summed E-state index contributed by atoms with van der Waals surface area (Å²) >= 11 is 1.89. The molecule has 9 aromatic carbocycles. The first-order valence-electron chi connectivity index (χ1n) is 16.4. The molecule has 0 aliphatic rings. The zero-order valence-corrected chi connectivity index (χ0v) is 26.9. The smallest absolute Gasteiger partial charge is 0.0468 e. The quantitative estimate of drug-likeness (QED) is 0.176. The van der Waals surface area contributed by atoms with E-state index in [-0.39, 0.29) is 0 Å². The van der Waals surface area contributed by atoms with Gasteiger partial charge in [0, 0.05) is 37.2 Å². The Bertz CT molecular complexity index is 2810. The minimum absolute atomic E-state index is 1.13. The van der Waals surface area contributed by atoms with Crippen LogP contribution < -0.4 is 4.90 Å². The van der Waals surface area contributed by atoms with Crippen LogP contribution in [0, 0.1) is 0 Å². The van der Waals surface area contributed by atoms with E-state index in [1.165, 1.54) is 74.4 Å².